The number of nitrogens with zero attached hydrogens (tertiary/aromatic N) is 3. The van der Waals surface area contributed by atoms with Gasteiger partial charge in [0.15, 0.2) is 0 Å². The molecule has 2 aliphatic heterocycles. The average Bonchev–Trinajstić information content (AvgIpc) is 3.34. The number of likely N-dealkylation sites (tertiary alicyclic amines) is 1. The highest BCUT2D eigenvalue weighted by Gasteiger charge is 2.44. The van der Waals surface area contributed by atoms with Crippen LogP contribution in [0, 0.1) is 11.8 Å². The second-order valence-electron chi connectivity index (χ2n) is 10.9. The molecule has 210 valence electrons. The summed E-state index contributed by atoms with van der Waals surface area (Å²) in [6.45, 7) is 4.29. The van der Waals surface area contributed by atoms with E-state index in [0.717, 1.165) is 25.7 Å². The molecule has 1 aromatic rings. The number of carboxylic acid groups (broad SMARTS) is 1. The Balaban J connectivity index is 1.47. The Labute approximate surface area is 224 Å². The SMILES string of the molecule is C[C@H](N)C1CCC(C(=O)N2C[C@@H](N3CCN(S(C)(=O)=O)CC3)CC2C(=O)Nc2ccc(C(=O)O)cc2)CC1. The van der Waals surface area contributed by atoms with Gasteiger partial charge in [-0.25, -0.2) is 13.2 Å². The van der Waals surface area contributed by atoms with Gasteiger partial charge in [0.2, 0.25) is 21.8 Å². The number of piperazine rings is 1. The summed E-state index contributed by atoms with van der Waals surface area (Å²) in [6.07, 6.45) is 4.96. The van der Waals surface area contributed by atoms with Crippen LogP contribution in [0.1, 0.15) is 49.4 Å². The molecule has 3 atom stereocenters. The third-order valence-corrected chi connectivity index (χ3v) is 9.69. The van der Waals surface area contributed by atoms with Crippen LogP contribution in [0.4, 0.5) is 5.69 Å². The quantitative estimate of drug-likeness (QED) is 0.456. The summed E-state index contributed by atoms with van der Waals surface area (Å²) < 4.78 is 25.3. The third kappa shape index (κ3) is 6.53. The number of rotatable bonds is 7. The number of nitrogens with two attached hydrogens (primary N) is 1. The van der Waals surface area contributed by atoms with Gasteiger partial charge in [-0.3, -0.25) is 14.5 Å². The fourth-order valence-electron chi connectivity index (χ4n) is 6.02. The number of amides is 2. The first kappa shape index (κ1) is 28.5. The minimum Gasteiger partial charge on any atom is -0.478 e. The van der Waals surface area contributed by atoms with Gasteiger partial charge in [0.25, 0.3) is 0 Å². The number of hydrogen-bond donors (Lipinski definition) is 3. The largest absolute Gasteiger partial charge is 0.478 e. The van der Waals surface area contributed by atoms with Crippen LogP contribution in [0.3, 0.4) is 0 Å². The highest BCUT2D eigenvalue weighted by Crippen LogP contribution is 2.34. The number of carbonyl (C=O) groups excluding carboxylic acids is 2. The zero-order valence-corrected chi connectivity index (χ0v) is 22.9. The standard InChI is InChI=1S/C26H39N5O6S/c1-17(27)18-3-5-19(6-4-18)25(33)31-16-22(29-11-13-30(14-12-29)38(2,36)37)15-23(31)24(32)28-21-9-7-20(8-10-21)26(34)35/h7-10,17-19,22-23H,3-6,11-16,27H2,1-2H3,(H,28,32)(H,34,35)/t17-,18?,19?,22-,23?/m0/s1. The predicted molar refractivity (Wildman–Crippen MR) is 143 cm³/mol. The van der Waals surface area contributed by atoms with Gasteiger partial charge in [-0.15, -0.1) is 0 Å². The Hall–Kier alpha value is -2.54. The van der Waals surface area contributed by atoms with Crippen LogP contribution < -0.4 is 11.1 Å². The second-order valence-corrected chi connectivity index (χ2v) is 12.9. The molecular weight excluding hydrogens is 510 g/mol. The van der Waals surface area contributed by atoms with Crippen molar-refractivity contribution in [3.8, 4) is 0 Å². The first-order chi connectivity index (χ1) is 17.9. The van der Waals surface area contributed by atoms with E-state index in [1.165, 1.54) is 22.7 Å². The monoisotopic (exact) mass is 549 g/mol. The number of aromatic carboxylic acids is 1. The van der Waals surface area contributed by atoms with Crippen LogP contribution in [-0.4, -0.2) is 103 Å². The second kappa shape index (κ2) is 11.7. The maximum Gasteiger partial charge on any atom is 0.335 e. The summed E-state index contributed by atoms with van der Waals surface area (Å²) in [6, 6.07) is 5.32. The van der Waals surface area contributed by atoms with Crippen molar-refractivity contribution in [3.05, 3.63) is 29.8 Å². The minimum atomic E-state index is -3.26. The first-order valence-corrected chi connectivity index (χ1v) is 15.2. The lowest BCUT2D eigenvalue weighted by Crippen LogP contribution is -2.52. The lowest BCUT2D eigenvalue weighted by Gasteiger charge is -2.37. The van der Waals surface area contributed by atoms with Crippen LogP contribution in [0.15, 0.2) is 24.3 Å². The molecule has 3 aliphatic rings. The molecule has 0 radical (unpaired) electrons. The molecule has 38 heavy (non-hydrogen) atoms. The van der Waals surface area contributed by atoms with Crippen LogP contribution in [0.25, 0.3) is 0 Å². The lowest BCUT2D eigenvalue weighted by atomic mass is 9.78. The zero-order valence-electron chi connectivity index (χ0n) is 22.1. The summed E-state index contributed by atoms with van der Waals surface area (Å²) in [5.74, 6) is -1.09. The number of nitrogens with one attached hydrogen (secondary N) is 1. The molecule has 1 aliphatic carbocycles. The number of carbonyl (C=O) groups is 3. The summed E-state index contributed by atoms with van der Waals surface area (Å²) >= 11 is 0. The number of anilines is 1. The fraction of sp³-hybridized carbons (Fsp3) is 0.654. The first-order valence-electron chi connectivity index (χ1n) is 13.3. The van der Waals surface area contributed by atoms with E-state index < -0.39 is 22.0 Å². The zero-order chi connectivity index (χ0) is 27.6. The van der Waals surface area contributed by atoms with E-state index in [2.05, 4.69) is 10.2 Å². The Morgan fingerprint density at radius 3 is 2.16 bits per heavy atom. The molecule has 2 amide bonds. The smallest absolute Gasteiger partial charge is 0.335 e. The van der Waals surface area contributed by atoms with E-state index in [1.54, 1.807) is 17.0 Å². The fourth-order valence-corrected chi connectivity index (χ4v) is 6.85. The number of hydrogen-bond acceptors (Lipinski definition) is 7. The molecule has 0 spiro atoms. The van der Waals surface area contributed by atoms with Gasteiger partial charge < -0.3 is 21.1 Å². The Morgan fingerprint density at radius 2 is 1.63 bits per heavy atom. The van der Waals surface area contributed by atoms with E-state index in [0.29, 0.717) is 50.7 Å². The predicted octanol–water partition coefficient (Wildman–Crippen LogP) is 1.02. The Bertz CT molecular complexity index is 1130. The van der Waals surface area contributed by atoms with E-state index >= 15 is 0 Å². The molecule has 4 rings (SSSR count). The maximum atomic E-state index is 13.7. The van der Waals surface area contributed by atoms with Crippen LogP contribution in [-0.2, 0) is 19.6 Å². The van der Waals surface area contributed by atoms with Crippen molar-refractivity contribution in [1.29, 1.82) is 0 Å². The lowest BCUT2D eigenvalue weighted by molar-refractivity contribution is -0.141. The van der Waals surface area contributed by atoms with Crippen molar-refractivity contribution < 1.29 is 27.9 Å². The van der Waals surface area contributed by atoms with E-state index in [9.17, 15) is 22.8 Å². The van der Waals surface area contributed by atoms with E-state index in [-0.39, 0.29) is 35.4 Å². The summed E-state index contributed by atoms with van der Waals surface area (Å²) in [7, 11) is -3.26. The molecule has 12 heteroatoms. The normalized spacial score (nSPS) is 28.1. The van der Waals surface area contributed by atoms with Gasteiger partial charge in [-0.05, 0) is 69.2 Å². The highest BCUT2D eigenvalue weighted by atomic mass is 32.2. The van der Waals surface area contributed by atoms with Crippen LogP contribution >= 0.6 is 0 Å². The Morgan fingerprint density at radius 1 is 1.03 bits per heavy atom. The molecule has 1 saturated carbocycles. The van der Waals surface area contributed by atoms with Gasteiger partial charge >= 0.3 is 5.97 Å². The molecular formula is C26H39N5O6S. The number of benzene rings is 1. The van der Waals surface area contributed by atoms with Gasteiger partial charge in [-0.2, -0.15) is 4.31 Å². The molecule has 11 nitrogen and oxygen atoms in total. The van der Waals surface area contributed by atoms with E-state index in [1.807, 2.05) is 6.92 Å². The van der Waals surface area contributed by atoms with Crippen LogP contribution in [0.5, 0.6) is 0 Å². The van der Waals surface area contributed by atoms with Crippen molar-refractivity contribution in [3.63, 3.8) is 0 Å². The van der Waals surface area contributed by atoms with Gasteiger partial charge in [0.1, 0.15) is 6.04 Å². The average molecular weight is 550 g/mol. The summed E-state index contributed by atoms with van der Waals surface area (Å²) in [4.78, 5) is 42.2. The molecule has 3 fully saturated rings. The highest BCUT2D eigenvalue weighted by molar-refractivity contribution is 7.88. The minimum absolute atomic E-state index is 0.00762. The van der Waals surface area contributed by atoms with Crippen molar-refractivity contribution >= 4 is 33.5 Å². The Kier molecular flexibility index (Phi) is 8.75. The molecule has 2 saturated heterocycles. The van der Waals surface area contributed by atoms with Crippen molar-refractivity contribution in [2.45, 2.75) is 57.2 Å². The molecule has 0 aromatic heterocycles. The van der Waals surface area contributed by atoms with Gasteiger partial charge in [-0.1, -0.05) is 0 Å². The van der Waals surface area contributed by atoms with Crippen LogP contribution in [0.2, 0.25) is 0 Å². The third-order valence-electron chi connectivity index (χ3n) is 8.39. The molecule has 2 heterocycles. The van der Waals surface area contributed by atoms with Gasteiger partial charge in [0, 0.05) is 56.4 Å². The summed E-state index contributed by atoms with van der Waals surface area (Å²) in [5, 5.41) is 12.0. The van der Waals surface area contributed by atoms with Gasteiger partial charge in [0.05, 0.1) is 11.8 Å². The molecule has 4 N–H and O–H groups in total. The van der Waals surface area contributed by atoms with Crippen molar-refractivity contribution in [1.82, 2.24) is 14.1 Å². The van der Waals surface area contributed by atoms with Crippen molar-refractivity contribution in [2.75, 3.05) is 44.3 Å². The maximum absolute atomic E-state index is 13.7. The number of carboxylic acids is 1. The molecule has 1 unspecified atom stereocenters. The summed E-state index contributed by atoms with van der Waals surface area (Å²) in [5.41, 5.74) is 6.67. The molecule has 0 bridgehead atoms. The molecule has 1 aromatic carbocycles. The number of sulfonamides is 1. The van der Waals surface area contributed by atoms with E-state index in [4.69, 9.17) is 10.8 Å². The topological polar surface area (TPSA) is 153 Å². The van der Waals surface area contributed by atoms with Crippen molar-refractivity contribution in [2.24, 2.45) is 17.6 Å².